The zero-order valence-corrected chi connectivity index (χ0v) is 11.7. The molecule has 1 fully saturated rings. The van der Waals surface area contributed by atoms with Crippen LogP contribution in [0.5, 0.6) is 0 Å². The Morgan fingerprint density at radius 2 is 1.81 bits per heavy atom. The molecule has 0 saturated heterocycles. The molecule has 0 heterocycles. The molecule has 1 rings (SSSR count). The van der Waals surface area contributed by atoms with Crippen LogP contribution >= 0.6 is 0 Å². The molecule has 0 unspecified atom stereocenters. The maximum absolute atomic E-state index is 3.66. The number of nitrogens with one attached hydrogen (secondary N) is 1. The molecular formula is C14H30N2. The van der Waals surface area contributed by atoms with E-state index in [-0.39, 0.29) is 0 Å². The van der Waals surface area contributed by atoms with Crippen molar-refractivity contribution in [3.8, 4) is 0 Å². The maximum atomic E-state index is 3.66. The Morgan fingerprint density at radius 1 is 1.19 bits per heavy atom. The van der Waals surface area contributed by atoms with Crippen LogP contribution < -0.4 is 5.32 Å². The van der Waals surface area contributed by atoms with E-state index in [1.807, 2.05) is 0 Å². The maximum Gasteiger partial charge on any atom is 0.0327 e. The number of hydrogen-bond donors (Lipinski definition) is 1. The van der Waals surface area contributed by atoms with Crippen molar-refractivity contribution < 1.29 is 0 Å². The van der Waals surface area contributed by atoms with Gasteiger partial charge >= 0.3 is 0 Å². The van der Waals surface area contributed by atoms with Gasteiger partial charge in [-0.2, -0.15) is 0 Å². The number of rotatable bonds is 7. The molecule has 1 aliphatic rings. The first-order chi connectivity index (χ1) is 7.57. The smallest absolute Gasteiger partial charge is 0.0327 e. The normalized spacial score (nSPS) is 19.9. The van der Waals surface area contributed by atoms with Gasteiger partial charge in [0, 0.05) is 12.1 Å². The first-order valence-electron chi connectivity index (χ1n) is 6.95. The molecule has 0 atom stereocenters. The zero-order valence-electron chi connectivity index (χ0n) is 11.7. The van der Waals surface area contributed by atoms with Gasteiger partial charge in [0.25, 0.3) is 0 Å². The monoisotopic (exact) mass is 226 g/mol. The highest BCUT2D eigenvalue weighted by Gasteiger charge is 2.35. The molecule has 0 amide bonds. The van der Waals surface area contributed by atoms with Gasteiger partial charge in [-0.25, -0.2) is 0 Å². The second-order valence-electron chi connectivity index (χ2n) is 6.04. The lowest BCUT2D eigenvalue weighted by atomic mass is 9.96. The molecule has 0 aliphatic heterocycles. The van der Waals surface area contributed by atoms with Gasteiger partial charge in [0.1, 0.15) is 0 Å². The van der Waals surface area contributed by atoms with Crippen molar-refractivity contribution in [2.45, 2.75) is 57.9 Å². The summed E-state index contributed by atoms with van der Waals surface area (Å²) in [5.41, 5.74) is 0.456. The topological polar surface area (TPSA) is 15.3 Å². The van der Waals surface area contributed by atoms with Gasteiger partial charge < -0.3 is 10.2 Å². The van der Waals surface area contributed by atoms with E-state index < -0.39 is 0 Å². The van der Waals surface area contributed by atoms with E-state index >= 15 is 0 Å². The van der Waals surface area contributed by atoms with Crippen molar-refractivity contribution in [2.75, 3.05) is 27.2 Å². The van der Waals surface area contributed by atoms with Crippen LogP contribution in [0.1, 0.15) is 52.4 Å². The summed E-state index contributed by atoms with van der Waals surface area (Å²) in [5.74, 6) is 0.844. The Hall–Kier alpha value is -0.0800. The van der Waals surface area contributed by atoms with Crippen molar-refractivity contribution in [3.63, 3.8) is 0 Å². The van der Waals surface area contributed by atoms with E-state index in [9.17, 15) is 0 Å². The number of likely N-dealkylation sites (N-methyl/N-ethyl adjacent to an activating group) is 1. The molecule has 1 N–H and O–H groups in total. The molecule has 0 aromatic rings. The van der Waals surface area contributed by atoms with Crippen molar-refractivity contribution in [2.24, 2.45) is 5.92 Å². The standard InChI is InChI=1S/C14H30N2/c1-13(2)8-7-11-15-12-14(16(3)4)9-5-6-10-14/h13,15H,5-12H2,1-4H3. The summed E-state index contributed by atoms with van der Waals surface area (Å²) in [6, 6.07) is 0. The van der Waals surface area contributed by atoms with Crippen LogP contribution in [-0.2, 0) is 0 Å². The van der Waals surface area contributed by atoms with Crippen molar-refractivity contribution in [1.29, 1.82) is 0 Å². The summed E-state index contributed by atoms with van der Waals surface area (Å²) in [6.45, 7) is 6.97. The third-order valence-corrected chi connectivity index (χ3v) is 4.07. The molecule has 96 valence electrons. The van der Waals surface area contributed by atoms with Crippen LogP contribution in [0.25, 0.3) is 0 Å². The highest BCUT2D eigenvalue weighted by molar-refractivity contribution is 4.94. The molecule has 0 bridgehead atoms. The van der Waals surface area contributed by atoms with Crippen LogP contribution in [0, 0.1) is 5.92 Å². The average molecular weight is 226 g/mol. The van der Waals surface area contributed by atoms with Crippen molar-refractivity contribution in [1.82, 2.24) is 10.2 Å². The average Bonchev–Trinajstić information content (AvgIpc) is 2.66. The van der Waals surface area contributed by atoms with E-state index in [2.05, 4.69) is 38.2 Å². The van der Waals surface area contributed by atoms with Gasteiger partial charge in [-0.1, -0.05) is 26.7 Å². The Bertz CT molecular complexity index is 181. The lowest BCUT2D eigenvalue weighted by Crippen LogP contribution is -2.49. The van der Waals surface area contributed by atoms with Crippen LogP contribution in [0.2, 0.25) is 0 Å². The summed E-state index contributed by atoms with van der Waals surface area (Å²) in [4.78, 5) is 2.44. The highest BCUT2D eigenvalue weighted by Crippen LogP contribution is 2.32. The van der Waals surface area contributed by atoms with Crippen LogP contribution in [-0.4, -0.2) is 37.6 Å². The summed E-state index contributed by atoms with van der Waals surface area (Å²) in [6.07, 6.45) is 8.23. The van der Waals surface area contributed by atoms with Crippen LogP contribution in [0.4, 0.5) is 0 Å². The molecule has 16 heavy (non-hydrogen) atoms. The minimum atomic E-state index is 0.456. The summed E-state index contributed by atoms with van der Waals surface area (Å²) in [7, 11) is 4.47. The predicted octanol–water partition coefficient (Wildman–Crippen LogP) is 2.89. The third-order valence-electron chi connectivity index (χ3n) is 4.07. The second-order valence-corrected chi connectivity index (χ2v) is 6.04. The highest BCUT2D eigenvalue weighted by atomic mass is 15.2. The lowest BCUT2D eigenvalue weighted by Gasteiger charge is -2.36. The van der Waals surface area contributed by atoms with Gasteiger partial charge in [-0.15, -0.1) is 0 Å². The van der Waals surface area contributed by atoms with E-state index in [0.717, 1.165) is 5.92 Å². The fourth-order valence-corrected chi connectivity index (χ4v) is 2.77. The van der Waals surface area contributed by atoms with E-state index in [4.69, 9.17) is 0 Å². The molecule has 0 radical (unpaired) electrons. The number of hydrogen-bond acceptors (Lipinski definition) is 2. The zero-order chi connectivity index (χ0) is 12.0. The Kier molecular flexibility index (Phi) is 5.77. The fourth-order valence-electron chi connectivity index (χ4n) is 2.77. The first-order valence-corrected chi connectivity index (χ1v) is 6.95. The van der Waals surface area contributed by atoms with Gasteiger partial charge in [0.2, 0.25) is 0 Å². The summed E-state index contributed by atoms with van der Waals surface area (Å²) >= 11 is 0. The Balaban J connectivity index is 2.19. The van der Waals surface area contributed by atoms with Crippen molar-refractivity contribution in [3.05, 3.63) is 0 Å². The second kappa shape index (κ2) is 6.61. The summed E-state index contributed by atoms with van der Waals surface area (Å²) < 4.78 is 0. The van der Waals surface area contributed by atoms with E-state index in [1.165, 1.54) is 51.6 Å². The van der Waals surface area contributed by atoms with Gasteiger partial charge in [0.05, 0.1) is 0 Å². The predicted molar refractivity (Wildman–Crippen MR) is 71.8 cm³/mol. The molecule has 0 aromatic carbocycles. The molecule has 1 saturated carbocycles. The molecule has 2 nitrogen and oxygen atoms in total. The summed E-state index contributed by atoms with van der Waals surface area (Å²) in [5, 5.41) is 3.66. The minimum absolute atomic E-state index is 0.456. The first kappa shape index (κ1) is 14.0. The molecule has 0 aromatic heterocycles. The van der Waals surface area contributed by atoms with Crippen LogP contribution in [0.3, 0.4) is 0 Å². The largest absolute Gasteiger partial charge is 0.315 e. The number of nitrogens with zero attached hydrogens (tertiary/aromatic N) is 1. The lowest BCUT2D eigenvalue weighted by molar-refractivity contribution is 0.154. The fraction of sp³-hybridized carbons (Fsp3) is 1.00. The van der Waals surface area contributed by atoms with E-state index in [1.54, 1.807) is 0 Å². The SMILES string of the molecule is CC(C)CCCNCC1(N(C)C)CCCC1. The quantitative estimate of drug-likeness (QED) is 0.672. The molecule has 0 spiro atoms. The molecule has 2 heteroatoms. The van der Waals surface area contributed by atoms with Gasteiger partial charge in [-0.05, 0) is 52.2 Å². The molecular weight excluding hydrogens is 196 g/mol. The van der Waals surface area contributed by atoms with Crippen LogP contribution in [0.15, 0.2) is 0 Å². The minimum Gasteiger partial charge on any atom is -0.315 e. The molecule has 1 aliphatic carbocycles. The van der Waals surface area contributed by atoms with E-state index in [0.29, 0.717) is 5.54 Å². The Morgan fingerprint density at radius 3 is 2.31 bits per heavy atom. The Labute approximate surface area is 102 Å². The van der Waals surface area contributed by atoms with Crippen molar-refractivity contribution >= 4 is 0 Å². The van der Waals surface area contributed by atoms with Gasteiger partial charge in [0.15, 0.2) is 0 Å². The van der Waals surface area contributed by atoms with Gasteiger partial charge in [-0.3, -0.25) is 0 Å². The third kappa shape index (κ3) is 4.06.